The minimum Gasteiger partial charge on any atom is -0.871 e. The first-order valence-electron chi connectivity index (χ1n) is 2.92. The molecule has 0 unspecified atom stereocenters. The molecule has 0 aliphatic rings. The van der Waals surface area contributed by atoms with Crippen LogP contribution in [0.4, 0.5) is 0 Å². The molecule has 0 bridgehead atoms. The molecule has 0 saturated carbocycles. The molecule has 0 aliphatic heterocycles. The maximum absolute atomic E-state index is 8.53. The minimum atomic E-state index is -2.67. The van der Waals surface area contributed by atoms with Gasteiger partial charge in [0.15, 0.2) is 0 Å². The summed E-state index contributed by atoms with van der Waals surface area (Å²) in [5, 5.41) is 96.0. The van der Waals surface area contributed by atoms with Gasteiger partial charge in [-0.15, -0.1) is 0 Å². The van der Waals surface area contributed by atoms with Crippen molar-refractivity contribution < 1.29 is 133 Å². The molecule has 26 heavy (non-hydrogen) atoms. The largest absolute Gasteiger partial charge is 2.00 e. The molecule has 0 spiro atoms. The van der Waals surface area contributed by atoms with Gasteiger partial charge in [0.05, 0.1) is 29.3 Å². The van der Waals surface area contributed by atoms with Crippen LogP contribution in [0.25, 0.3) is 0 Å². The van der Waals surface area contributed by atoms with E-state index in [2.05, 4.69) is 0 Å². The Morgan fingerprint density at radius 3 is 0.346 bits per heavy atom. The Labute approximate surface area is 271 Å². The first-order valence-corrected chi connectivity index (χ1v) is 2.92. The van der Waals surface area contributed by atoms with Crippen LogP contribution >= 0.6 is 0 Å². The summed E-state index contributed by atoms with van der Waals surface area (Å²) >= 11 is 0. The smallest absolute Gasteiger partial charge is 0.871 e. The third-order valence-corrected chi connectivity index (χ3v) is 0. The van der Waals surface area contributed by atoms with Crippen LogP contribution in [-0.2, 0) is 51.2 Å². The Kier molecular flexibility index (Phi) is 325. The maximum Gasteiger partial charge on any atom is 2.00 e. The fourth-order valence-corrected chi connectivity index (χ4v) is 0. The summed E-state index contributed by atoms with van der Waals surface area (Å²) in [5.74, 6) is 0. The van der Waals surface area contributed by atoms with E-state index in [1.807, 2.05) is 0 Å². The van der Waals surface area contributed by atoms with Gasteiger partial charge < -0.3 is 82.2 Å². The minimum absolute atomic E-state index is 0. The fraction of sp³-hybridized carbons (Fsp3) is 0. The van der Waals surface area contributed by atoms with Crippen LogP contribution in [0.1, 0.15) is 0 Å². The Morgan fingerprint density at radius 2 is 0.346 bits per heavy atom. The van der Waals surface area contributed by atoms with Crippen molar-refractivity contribution >= 4 is 142 Å². The molecule has 26 heteroatoms. The first kappa shape index (κ1) is 96.6. The topological polar surface area (TPSA) is 385 Å². The van der Waals surface area contributed by atoms with E-state index in [1.165, 1.54) is 0 Å². The summed E-state index contributed by atoms with van der Waals surface area (Å²) in [5.41, 5.74) is 0. The average Bonchev–Trinajstić information content (AvgIpc) is 1.76. The predicted octanol–water partition coefficient (Wildman–Crippen LogP) is -15.1. The summed E-state index contributed by atoms with van der Waals surface area (Å²) in [6.45, 7) is 0. The number of hydrogen-bond donors (Lipinski definition) is 4. The molecule has 0 atom stereocenters. The first-order chi connectivity index (χ1) is 6.93. The molecule has 0 fully saturated rings. The summed E-state index contributed by atoms with van der Waals surface area (Å²) in [6, 6.07) is 0. The van der Waals surface area contributed by atoms with Crippen molar-refractivity contribution in [2.24, 2.45) is 0 Å². The third-order valence-electron chi connectivity index (χ3n) is 0. The van der Waals surface area contributed by atoms with Gasteiger partial charge in [-0.3, -0.25) is 0 Å². The van der Waals surface area contributed by atoms with Crippen LogP contribution in [0.15, 0.2) is 0 Å². The molecule has 0 aromatic heterocycles. The average molecular weight is 618 g/mol. The molecule has 0 aromatic carbocycles. The molecule has 0 aliphatic carbocycles. The van der Waals surface area contributed by atoms with Crippen molar-refractivity contribution in [3.8, 4) is 0 Å². The van der Waals surface area contributed by atoms with Crippen molar-refractivity contribution in [1.29, 1.82) is 0 Å². The van der Waals surface area contributed by atoms with Crippen molar-refractivity contribution in [1.82, 2.24) is 0 Å². The van der Waals surface area contributed by atoms with Crippen LogP contribution in [0.5, 0.6) is 0 Å². The van der Waals surface area contributed by atoms with E-state index in [-0.39, 0.29) is 186 Å². The molecule has 0 heterocycles. The molecule has 0 amide bonds. The van der Waals surface area contributed by atoms with E-state index < -0.39 is 29.3 Å². The van der Waals surface area contributed by atoms with Crippen molar-refractivity contribution in [2.75, 3.05) is 0 Å². The van der Waals surface area contributed by atoms with Crippen molar-refractivity contribution in [3.05, 3.63) is 0 Å². The SMILES string of the molecule is [Ca+2].[Ca+2].[Ca+2].[Cu+2].[Cu+2].[Cu+2].[O-]B([O-])O.[O-]B([O-])O.[O-]B([O-])O.[O-]B([O-])O.[OH-].[OH-].[OH-].[OH-]. The molecule has 155 valence electrons. The Hall–Kier alpha value is 4.96. The normalized spacial score (nSPS) is 4.15. The van der Waals surface area contributed by atoms with Gasteiger partial charge >= 0.3 is 164 Å². The summed E-state index contributed by atoms with van der Waals surface area (Å²) in [7, 11) is -10.7. The molecule has 0 saturated heterocycles. The molecule has 3 radical (unpaired) electrons. The Balaban J connectivity index is -0.00000000545. The van der Waals surface area contributed by atoms with E-state index >= 15 is 0 Å². The van der Waals surface area contributed by atoms with E-state index in [9.17, 15) is 0 Å². The van der Waals surface area contributed by atoms with Gasteiger partial charge in [0.1, 0.15) is 0 Å². The number of rotatable bonds is 0. The molecular weight excluding hydrogens is 610 g/mol. The number of hydrogen-bond acceptors (Lipinski definition) is 16. The molecular formula is H8B4Ca3Cu3O16. The quantitative estimate of drug-likeness (QED) is 0.183. The van der Waals surface area contributed by atoms with Gasteiger partial charge in [-0.05, 0) is 0 Å². The zero-order valence-corrected chi connectivity index (χ0v) is 21.6. The summed E-state index contributed by atoms with van der Waals surface area (Å²) in [4.78, 5) is 0. The monoisotopic (exact) mass is 617 g/mol. The summed E-state index contributed by atoms with van der Waals surface area (Å²) < 4.78 is 0. The van der Waals surface area contributed by atoms with Gasteiger partial charge in [-0.2, -0.15) is 0 Å². The second-order valence-corrected chi connectivity index (χ2v) is 1.23. The van der Waals surface area contributed by atoms with Gasteiger partial charge in [0, 0.05) is 0 Å². The van der Waals surface area contributed by atoms with Crippen LogP contribution in [-0.4, -0.2) is 185 Å². The van der Waals surface area contributed by atoms with Crippen LogP contribution in [0.3, 0.4) is 0 Å². The maximum atomic E-state index is 8.53. The van der Waals surface area contributed by atoms with E-state index in [0.29, 0.717) is 0 Å². The van der Waals surface area contributed by atoms with Crippen LogP contribution in [0.2, 0.25) is 0 Å². The van der Waals surface area contributed by atoms with Crippen LogP contribution in [0, 0.1) is 0 Å². The zero-order valence-electron chi connectivity index (χ0n) is 12.2. The molecule has 0 rings (SSSR count). The Morgan fingerprint density at radius 1 is 0.346 bits per heavy atom. The van der Waals surface area contributed by atoms with Gasteiger partial charge in [0.25, 0.3) is 0 Å². The van der Waals surface area contributed by atoms with Gasteiger partial charge in [-0.25, -0.2) is 0 Å². The standard InChI is InChI=1S/4BHO3.3Ca.3Cu.4H2O/c4*2-1(3)4;;;;;;;;;;/h4*2H;;;;;;;4*1H2/q4*-2;6*+2;;;;/p-4. The fourth-order valence-electron chi connectivity index (χ4n) is 0. The van der Waals surface area contributed by atoms with Gasteiger partial charge in [0.2, 0.25) is 0 Å². The van der Waals surface area contributed by atoms with Crippen LogP contribution < -0.4 is 40.2 Å². The second-order valence-electron chi connectivity index (χ2n) is 1.23. The molecule has 8 N–H and O–H groups in total. The molecule has 16 nitrogen and oxygen atoms in total. The zero-order chi connectivity index (χ0) is 14.3. The van der Waals surface area contributed by atoms with E-state index in [0.717, 1.165) is 0 Å². The second kappa shape index (κ2) is 87.4. The third kappa shape index (κ3) is 921. The van der Waals surface area contributed by atoms with Crippen molar-refractivity contribution in [2.45, 2.75) is 0 Å². The van der Waals surface area contributed by atoms with Gasteiger partial charge in [-0.1, -0.05) is 0 Å². The molecule has 0 aromatic rings. The van der Waals surface area contributed by atoms with E-state index in [1.54, 1.807) is 0 Å². The van der Waals surface area contributed by atoms with Crippen molar-refractivity contribution in [3.63, 3.8) is 0 Å². The Bertz CT molecular complexity index is 83.7. The predicted molar refractivity (Wildman–Crippen MR) is 56.9 cm³/mol. The summed E-state index contributed by atoms with van der Waals surface area (Å²) in [6.07, 6.45) is 0. The van der Waals surface area contributed by atoms with E-state index in [4.69, 9.17) is 60.3 Å².